The first-order valence-electron chi connectivity index (χ1n) is 6.78. The largest absolute Gasteiger partial charge is 0.383 e. The van der Waals surface area contributed by atoms with Gasteiger partial charge < -0.3 is 15.4 Å². The fourth-order valence-corrected chi connectivity index (χ4v) is 2.19. The average Bonchev–Trinajstić information content (AvgIpc) is 2.39. The van der Waals surface area contributed by atoms with Crippen LogP contribution in [0.5, 0.6) is 0 Å². The van der Waals surface area contributed by atoms with Crippen LogP contribution in [0.15, 0.2) is 0 Å². The number of nitrogens with zero attached hydrogens (tertiary/aromatic N) is 1. The molecule has 0 aliphatic carbocycles. The molecular weight excluding hydrogens is 230 g/mol. The minimum absolute atomic E-state index is 0.0910. The average molecular weight is 257 g/mol. The normalized spacial score (nSPS) is 19.6. The lowest BCUT2D eigenvalue weighted by molar-refractivity contribution is -0.133. The van der Waals surface area contributed by atoms with Gasteiger partial charge >= 0.3 is 0 Å². The standard InChI is InChI=1S/C13H27N3O2/c1-5-11(10-18-4)15-12(17)13(2,3)16-8-6-14-7-9-16/h11,14H,5-10H2,1-4H3,(H,15,17). The SMILES string of the molecule is CCC(COC)NC(=O)C(C)(C)N1CCNCC1. The Kier molecular flexibility index (Phi) is 6.05. The van der Waals surface area contributed by atoms with Crippen molar-refractivity contribution in [2.45, 2.75) is 38.8 Å². The van der Waals surface area contributed by atoms with Gasteiger partial charge in [0.15, 0.2) is 0 Å². The summed E-state index contributed by atoms with van der Waals surface area (Å²) in [5, 5.41) is 6.38. The first-order valence-corrected chi connectivity index (χ1v) is 6.78. The third-order valence-corrected chi connectivity index (χ3v) is 3.66. The number of amides is 1. The molecule has 106 valence electrons. The van der Waals surface area contributed by atoms with Gasteiger partial charge in [0.2, 0.25) is 5.91 Å². The second-order valence-electron chi connectivity index (χ2n) is 5.33. The van der Waals surface area contributed by atoms with Crippen LogP contribution in [-0.4, -0.2) is 62.3 Å². The van der Waals surface area contributed by atoms with Crippen LogP contribution in [0.1, 0.15) is 27.2 Å². The van der Waals surface area contributed by atoms with Crippen LogP contribution in [0.25, 0.3) is 0 Å². The van der Waals surface area contributed by atoms with E-state index in [4.69, 9.17) is 4.74 Å². The van der Waals surface area contributed by atoms with Crippen molar-refractivity contribution in [2.75, 3.05) is 39.9 Å². The number of methoxy groups -OCH3 is 1. The summed E-state index contributed by atoms with van der Waals surface area (Å²) in [5.41, 5.74) is -0.455. The minimum Gasteiger partial charge on any atom is -0.383 e. The highest BCUT2D eigenvalue weighted by Gasteiger charge is 2.35. The van der Waals surface area contributed by atoms with Crippen LogP contribution < -0.4 is 10.6 Å². The Labute approximate surface area is 110 Å². The summed E-state index contributed by atoms with van der Waals surface area (Å²) in [6.07, 6.45) is 0.886. The summed E-state index contributed by atoms with van der Waals surface area (Å²) < 4.78 is 5.12. The fourth-order valence-electron chi connectivity index (χ4n) is 2.19. The Morgan fingerprint density at radius 1 is 1.44 bits per heavy atom. The van der Waals surface area contributed by atoms with E-state index in [1.54, 1.807) is 7.11 Å². The van der Waals surface area contributed by atoms with Crippen molar-refractivity contribution in [3.8, 4) is 0 Å². The zero-order valence-electron chi connectivity index (χ0n) is 12.1. The molecule has 5 heteroatoms. The number of hydrogen-bond acceptors (Lipinski definition) is 4. The number of carbonyl (C=O) groups excluding carboxylic acids is 1. The molecule has 1 aliphatic rings. The van der Waals surface area contributed by atoms with Gasteiger partial charge in [-0.25, -0.2) is 0 Å². The van der Waals surface area contributed by atoms with Crippen LogP contribution in [0.2, 0.25) is 0 Å². The van der Waals surface area contributed by atoms with Gasteiger partial charge in [0.1, 0.15) is 0 Å². The molecule has 1 aliphatic heterocycles. The summed E-state index contributed by atoms with van der Waals surface area (Å²) in [5.74, 6) is 0.0910. The Hall–Kier alpha value is -0.650. The monoisotopic (exact) mass is 257 g/mol. The third-order valence-electron chi connectivity index (χ3n) is 3.66. The molecule has 0 aromatic carbocycles. The second-order valence-corrected chi connectivity index (χ2v) is 5.33. The van der Waals surface area contributed by atoms with Crippen molar-refractivity contribution in [1.29, 1.82) is 0 Å². The fraction of sp³-hybridized carbons (Fsp3) is 0.923. The topological polar surface area (TPSA) is 53.6 Å². The van der Waals surface area contributed by atoms with E-state index >= 15 is 0 Å². The Bertz CT molecular complexity index is 263. The van der Waals surface area contributed by atoms with Crippen LogP contribution in [0.4, 0.5) is 0 Å². The predicted molar refractivity (Wildman–Crippen MR) is 72.6 cm³/mol. The maximum atomic E-state index is 12.4. The van der Waals surface area contributed by atoms with Crippen molar-refractivity contribution < 1.29 is 9.53 Å². The van der Waals surface area contributed by atoms with Gasteiger partial charge in [0.05, 0.1) is 18.2 Å². The molecule has 1 saturated heterocycles. The molecule has 1 amide bonds. The van der Waals surface area contributed by atoms with Gasteiger partial charge in [-0.15, -0.1) is 0 Å². The highest BCUT2D eigenvalue weighted by molar-refractivity contribution is 5.85. The Balaban J connectivity index is 2.56. The van der Waals surface area contributed by atoms with Gasteiger partial charge in [0, 0.05) is 33.3 Å². The molecule has 0 spiro atoms. The molecule has 5 nitrogen and oxygen atoms in total. The third kappa shape index (κ3) is 3.93. The van der Waals surface area contributed by atoms with E-state index in [0.717, 1.165) is 32.6 Å². The lowest BCUT2D eigenvalue weighted by Gasteiger charge is -2.40. The zero-order chi connectivity index (χ0) is 13.6. The van der Waals surface area contributed by atoms with Crippen LogP contribution in [0, 0.1) is 0 Å². The van der Waals surface area contributed by atoms with E-state index in [1.807, 2.05) is 13.8 Å². The Morgan fingerprint density at radius 3 is 2.56 bits per heavy atom. The molecule has 2 N–H and O–H groups in total. The summed E-state index contributed by atoms with van der Waals surface area (Å²) in [6, 6.07) is 0.102. The van der Waals surface area contributed by atoms with Crippen LogP contribution in [0.3, 0.4) is 0 Å². The van der Waals surface area contributed by atoms with Crippen LogP contribution in [-0.2, 0) is 9.53 Å². The number of carbonyl (C=O) groups is 1. The van der Waals surface area contributed by atoms with Crippen molar-refractivity contribution in [1.82, 2.24) is 15.5 Å². The minimum atomic E-state index is -0.455. The van der Waals surface area contributed by atoms with Gasteiger partial charge in [-0.2, -0.15) is 0 Å². The number of rotatable bonds is 6. The molecule has 0 radical (unpaired) electrons. The Morgan fingerprint density at radius 2 is 2.06 bits per heavy atom. The molecule has 0 bridgehead atoms. The quantitative estimate of drug-likeness (QED) is 0.714. The molecule has 0 saturated carbocycles. The summed E-state index contributed by atoms with van der Waals surface area (Å²) in [6.45, 7) is 10.4. The zero-order valence-corrected chi connectivity index (χ0v) is 12.1. The van der Waals surface area contributed by atoms with E-state index < -0.39 is 5.54 Å². The molecule has 1 rings (SSSR count). The van der Waals surface area contributed by atoms with E-state index in [9.17, 15) is 4.79 Å². The lowest BCUT2D eigenvalue weighted by atomic mass is 9.99. The molecule has 0 aromatic heterocycles. The molecule has 1 heterocycles. The predicted octanol–water partition coefficient (Wildman–Crippen LogP) is 0.211. The molecule has 1 unspecified atom stereocenters. The number of piperazine rings is 1. The maximum Gasteiger partial charge on any atom is 0.240 e. The van der Waals surface area contributed by atoms with Crippen LogP contribution >= 0.6 is 0 Å². The molecular formula is C13H27N3O2. The lowest BCUT2D eigenvalue weighted by Crippen LogP contribution is -2.61. The molecule has 18 heavy (non-hydrogen) atoms. The van der Waals surface area contributed by atoms with Crippen molar-refractivity contribution >= 4 is 5.91 Å². The first kappa shape index (κ1) is 15.4. The molecule has 1 atom stereocenters. The van der Waals surface area contributed by atoms with Gasteiger partial charge in [-0.05, 0) is 20.3 Å². The number of hydrogen-bond donors (Lipinski definition) is 2. The summed E-state index contributed by atoms with van der Waals surface area (Å²) in [7, 11) is 1.66. The summed E-state index contributed by atoms with van der Waals surface area (Å²) >= 11 is 0. The van der Waals surface area contributed by atoms with E-state index in [-0.39, 0.29) is 11.9 Å². The van der Waals surface area contributed by atoms with Gasteiger partial charge in [-0.3, -0.25) is 9.69 Å². The van der Waals surface area contributed by atoms with Crippen molar-refractivity contribution in [3.05, 3.63) is 0 Å². The summed E-state index contributed by atoms with van der Waals surface area (Å²) in [4.78, 5) is 14.6. The second kappa shape index (κ2) is 7.07. The van der Waals surface area contributed by atoms with Crippen molar-refractivity contribution in [3.63, 3.8) is 0 Å². The van der Waals surface area contributed by atoms with Crippen molar-refractivity contribution in [2.24, 2.45) is 0 Å². The van der Waals surface area contributed by atoms with Gasteiger partial charge in [-0.1, -0.05) is 6.92 Å². The van der Waals surface area contributed by atoms with E-state index in [1.165, 1.54) is 0 Å². The first-order chi connectivity index (χ1) is 8.52. The van der Waals surface area contributed by atoms with E-state index in [0.29, 0.717) is 6.61 Å². The smallest absolute Gasteiger partial charge is 0.240 e. The highest BCUT2D eigenvalue weighted by Crippen LogP contribution is 2.15. The maximum absolute atomic E-state index is 12.4. The van der Waals surface area contributed by atoms with E-state index in [2.05, 4.69) is 22.5 Å². The number of ether oxygens (including phenoxy) is 1. The number of nitrogens with one attached hydrogen (secondary N) is 2. The highest BCUT2D eigenvalue weighted by atomic mass is 16.5. The molecule has 0 aromatic rings. The van der Waals surface area contributed by atoms with Gasteiger partial charge in [0.25, 0.3) is 0 Å². The molecule has 1 fully saturated rings.